The van der Waals surface area contributed by atoms with Gasteiger partial charge in [0, 0.05) is 24.9 Å². The average Bonchev–Trinajstić information content (AvgIpc) is 2.49. The summed E-state index contributed by atoms with van der Waals surface area (Å²) >= 11 is 0. The van der Waals surface area contributed by atoms with Crippen LogP contribution in [0.5, 0.6) is 5.75 Å². The molecule has 0 heterocycles. The number of carbonyl (C=O) groups excluding carboxylic acids is 2. The highest BCUT2D eigenvalue weighted by atomic mass is 35.5. The van der Waals surface area contributed by atoms with Crippen molar-refractivity contribution in [1.82, 2.24) is 5.32 Å². The summed E-state index contributed by atoms with van der Waals surface area (Å²) in [4.78, 5) is 23.4. The van der Waals surface area contributed by atoms with Gasteiger partial charge in [-0.2, -0.15) is 0 Å². The van der Waals surface area contributed by atoms with E-state index in [2.05, 4.69) is 5.32 Å². The zero-order valence-electron chi connectivity index (χ0n) is 12.3. The van der Waals surface area contributed by atoms with Crippen LogP contribution < -0.4 is 15.8 Å². The second kappa shape index (κ2) is 11.1. The van der Waals surface area contributed by atoms with Gasteiger partial charge in [0.15, 0.2) is 5.78 Å². The number of nitrogens with two attached hydrogens (primary N) is 1. The topological polar surface area (TPSA) is 81.4 Å². The summed E-state index contributed by atoms with van der Waals surface area (Å²) in [6.07, 6.45) is 2.20. The van der Waals surface area contributed by atoms with Crippen molar-refractivity contribution >= 4 is 24.1 Å². The van der Waals surface area contributed by atoms with Crippen molar-refractivity contribution in [3.8, 4) is 5.75 Å². The summed E-state index contributed by atoms with van der Waals surface area (Å²) in [7, 11) is 1.58. The van der Waals surface area contributed by atoms with Gasteiger partial charge in [-0.05, 0) is 43.7 Å². The summed E-state index contributed by atoms with van der Waals surface area (Å²) in [6, 6.07) is 6.89. The highest BCUT2D eigenvalue weighted by Crippen LogP contribution is 2.13. The van der Waals surface area contributed by atoms with Gasteiger partial charge in [-0.25, -0.2) is 0 Å². The molecule has 1 aromatic carbocycles. The minimum Gasteiger partial charge on any atom is -0.497 e. The van der Waals surface area contributed by atoms with Crippen molar-refractivity contribution in [2.24, 2.45) is 5.73 Å². The number of methoxy groups -OCH3 is 1. The zero-order chi connectivity index (χ0) is 14.8. The number of hydrogen-bond donors (Lipinski definition) is 2. The number of rotatable bonds is 9. The summed E-state index contributed by atoms with van der Waals surface area (Å²) in [5.41, 5.74) is 5.96. The van der Waals surface area contributed by atoms with Crippen LogP contribution in [0, 0.1) is 0 Å². The first-order valence-electron chi connectivity index (χ1n) is 6.81. The molecular weight excluding hydrogens is 292 g/mol. The van der Waals surface area contributed by atoms with Crippen LogP contribution in [-0.4, -0.2) is 31.9 Å². The minimum atomic E-state index is -0.0936. The maximum Gasteiger partial charge on any atom is 0.220 e. The Bertz CT molecular complexity index is 435. The normalized spacial score (nSPS) is 9.62. The molecule has 0 spiro atoms. The molecule has 6 heteroatoms. The third-order valence-electron chi connectivity index (χ3n) is 2.94. The Morgan fingerprint density at radius 2 is 1.81 bits per heavy atom. The van der Waals surface area contributed by atoms with E-state index in [9.17, 15) is 9.59 Å². The lowest BCUT2D eigenvalue weighted by molar-refractivity contribution is -0.121. The van der Waals surface area contributed by atoms with E-state index in [-0.39, 0.29) is 36.9 Å². The van der Waals surface area contributed by atoms with Crippen LogP contribution in [-0.2, 0) is 4.79 Å². The molecule has 0 atom stereocenters. The van der Waals surface area contributed by atoms with Crippen molar-refractivity contribution in [1.29, 1.82) is 0 Å². The molecule has 1 rings (SSSR count). The van der Waals surface area contributed by atoms with Crippen molar-refractivity contribution in [2.45, 2.75) is 25.7 Å². The Kier molecular flexibility index (Phi) is 10.3. The molecule has 0 saturated heterocycles. The van der Waals surface area contributed by atoms with Crippen molar-refractivity contribution in [3.63, 3.8) is 0 Å². The maximum absolute atomic E-state index is 11.9. The quantitative estimate of drug-likeness (QED) is 0.539. The highest BCUT2D eigenvalue weighted by Gasteiger charge is 2.09. The van der Waals surface area contributed by atoms with E-state index in [1.165, 1.54) is 0 Å². The standard InChI is InChI=1S/C15H22N2O3.ClH/c1-20-13-6-4-12(5-7-13)14(18)8-9-15(19)17-11-3-2-10-16;/h4-7H,2-3,8-11,16H2,1H3,(H,17,19);1H. The minimum absolute atomic E-state index is 0. The first-order chi connectivity index (χ1) is 9.67. The molecule has 0 aliphatic carbocycles. The van der Waals surface area contributed by atoms with Gasteiger partial charge >= 0.3 is 0 Å². The SMILES string of the molecule is COc1ccc(C(=O)CCC(=O)NCCCCN)cc1.Cl. The van der Waals surface area contributed by atoms with Crippen LogP contribution in [0.3, 0.4) is 0 Å². The first-order valence-corrected chi connectivity index (χ1v) is 6.81. The Morgan fingerprint density at radius 1 is 1.14 bits per heavy atom. The fourth-order valence-corrected chi connectivity index (χ4v) is 1.73. The number of ketones is 1. The fourth-order valence-electron chi connectivity index (χ4n) is 1.73. The molecule has 0 saturated carbocycles. The van der Waals surface area contributed by atoms with Gasteiger partial charge in [0.25, 0.3) is 0 Å². The van der Waals surface area contributed by atoms with Crippen LogP contribution in [0.15, 0.2) is 24.3 Å². The number of nitrogens with one attached hydrogen (secondary N) is 1. The van der Waals surface area contributed by atoms with Gasteiger partial charge in [0.05, 0.1) is 7.11 Å². The van der Waals surface area contributed by atoms with Gasteiger partial charge in [0.1, 0.15) is 5.75 Å². The summed E-state index contributed by atoms with van der Waals surface area (Å²) in [6.45, 7) is 1.25. The van der Waals surface area contributed by atoms with E-state index in [0.717, 1.165) is 12.8 Å². The average molecular weight is 315 g/mol. The number of unbranched alkanes of at least 4 members (excludes halogenated alkanes) is 1. The molecule has 0 bridgehead atoms. The van der Waals surface area contributed by atoms with Crippen LogP contribution in [0.1, 0.15) is 36.0 Å². The van der Waals surface area contributed by atoms with Gasteiger partial charge in [0.2, 0.25) is 5.91 Å². The molecule has 21 heavy (non-hydrogen) atoms. The van der Waals surface area contributed by atoms with Gasteiger partial charge in [-0.15, -0.1) is 12.4 Å². The maximum atomic E-state index is 11.9. The van der Waals surface area contributed by atoms with E-state index in [1.54, 1.807) is 31.4 Å². The molecule has 3 N–H and O–H groups in total. The molecular formula is C15H23ClN2O3. The molecule has 0 radical (unpaired) electrons. The first kappa shape index (κ1) is 19.4. The number of hydrogen-bond acceptors (Lipinski definition) is 4. The predicted molar refractivity (Wildman–Crippen MR) is 85.1 cm³/mol. The van der Waals surface area contributed by atoms with E-state index in [1.807, 2.05) is 0 Å². The Balaban J connectivity index is 0.00000400. The van der Waals surface area contributed by atoms with E-state index >= 15 is 0 Å². The molecule has 1 amide bonds. The fraction of sp³-hybridized carbons (Fsp3) is 0.467. The third kappa shape index (κ3) is 7.68. The Labute approximate surface area is 131 Å². The van der Waals surface area contributed by atoms with Crippen LogP contribution in [0.2, 0.25) is 0 Å². The number of amides is 1. The van der Waals surface area contributed by atoms with Crippen molar-refractivity contribution in [2.75, 3.05) is 20.2 Å². The van der Waals surface area contributed by atoms with Gasteiger partial charge in [-0.3, -0.25) is 9.59 Å². The van der Waals surface area contributed by atoms with Crippen LogP contribution >= 0.6 is 12.4 Å². The van der Waals surface area contributed by atoms with E-state index < -0.39 is 0 Å². The molecule has 0 fully saturated rings. The number of ether oxygens (including phenoxy) is 1. The van der Waals surface area contributed by atoms with Crippen LogP contribution in [0.4, 0.5) is 0 Å². The molecule has 0 aromatic heterocycles. The number of benzene rings is 1. The predicted octanol–water partition coefficient (Wildman–Crippen LogP) is 1.94. The van der Waals surface area contributed by atoms with E-state index in [0.29, 0.717) is 24.4 Å². The lowest BCUT2D eigenvalue weighted by Crippen LogP contribution is -2.25. The molecule has 5 nitrogen and oxygen atoms in total. The zero-order valence-corrected chi connectivity index (χ0v) is 13.1. The number of Topliss-reactive ketones (excluding diaryl/α,β-unsaturated/α-hetero) is 1. The highest BCUT2D eigenvalue weighted by molar-refractivity contribution is 5.98. The molecule has 0 aliphatic heterocycles. The van der Waals surface area contributed by atoms with E-state index in [4.69, 9.17) is 10.5 Å². The van der Waals surface area contributed by atoms with Gasteiger partial charge < -0.3 is 15.8 Å². The van der Waals surface area contributed by atoms with Gasteiger partial charge in [-0.1, -0.05) is 0 Å². The molecule has 0 aliphatic rings. The number of halogens is 1. The monoisotopic (exact) mass is 314 g/mol. The molecule has 0 unspecified atom stereocenters. The second-order valence-electron chi connectivity index (χ2n) is 4.50. The summed E-state index contributed by atoms with van der Waals surface area (Å²) < 4.78 is 5.03. The largest absolute Gasteiger partial charge is 0.497 e. The molecule has 118 valence electrons. The van der Waals surface area contributed by atoms with Crippen molar-refractivity contribution < 1.29 is 14.3 Å². The van der Waals surface area contributed by atoms with Crippen molar-refractivity contribution in [3.05, 3.63) is 29.8 Å². The van der Waals surface area contributed by atoms with Crippen LogP contribution in [0.25, 0.3) is 0 Å². The summed E-state index contributed by atoms with van der Waals surface area (Å²) in [5, 5.41) is 2.78. The Hall–Kier alpha value is -1.59. The summed E-state index contributed by atoms with van der Waals surface area (Å²) in [5.74, 6) is 0.577. The lowest BCUT2D eigenvalue weighted by Gasteiger charge is -2.05. The lowest BCUT2D eigenvalue weighted by atomic mass is 10.1. The Morgan fingerprint density at radius 3 is 2.38 bits per heavy atom. The number of carbonyl (C=O) groups is 2. The molecule has 1 aromatic rings. The smallest absolute Gasteiger partial charge is 0.220 e. The second-order valence-corrected chi connectivity index (χ2v) is 4.50. The third-order valence-corrected chi connectivity index (χ3v) is 2.94.